The Bertz CT molecular complexity index is 785. The summed E-state index contributed by atoms with van der Waals surface area (Å²) in [6.45, 7) is 9.34. The highest BCUT2D eigenvalue weighted by Gasteiger charge is 2.11. The molecule has 138 valence electrons. The standard InChI is InChI=1S/C23H29ClN2/c1-17-8-7-10-18(14-17)22(15-20(25)12-13-23(2,3)4)26-16-19-9-5-6-11-21(19)24/h5-11,14-15,25-26H,12-13,16H2,1-4H3/b22-15-,25-20?. The van der Waals surface area contributed by atoms with Crippen molar-refractivity contribution in [3.05, 3.63) is 76.3 Å². The van der Waals surface area contributed by atoms with Gasteiger partial charge in [0.2, 0.25) is 0 Å². The number of hydrogen-bond donors (Lipinski definition) is 2. The van der Waals surface area contributed by atoms with E-state index < -0.39 is 0 Å². The van der Waals surface area contributed by atoms with Gasteiger partial charge in [-0.1, -0.05) is 74.3 Å². The molecule has 0 fully saturated rings. The van der Waals surface area contributed by atoms with Gasteiger partial charge in [0.25, 0.3) is 0 Å². The van der Waals surface area contributed by atoms with Crippen LogP contribution in [0.2, 0.25) is 5.02 Å². The van der Waals surface area contributed by atoms with Crippen LogP contribution in [0.4, 0.5) is 0 Å². The van der Waals surface area contributed by atoms with Gasteiger partial charge in [-0.3, -0.25) is 0 Å². The van der Waals surface area contributed by atoms with Crippen molar-refractivity contribution in [3.63, 3.8) is 0 Å². The van der Waals surface area contributed by atoms with Crippen molar-refractivity contribution >= 4 is 23.0 Å². The molecule has 2 N–H and O–H groups in total. The van der Waals surface area contributed by atoms with E-state index in [-0.39, 0.29) is 5.41 Å². The maximum Gasteiger partial charge on any atom is 0.0455 e. The SMILES string of the molecule is Cc1cccc(/C(=C/C(=N)CCC(C)(C)C)NCc2ccccc2Cl)c1. The van der Waals surface area contributed by atoms with Crippen LogP contribution in [0, 0.1) is 17.7 Å². The Hall–Kier alpha value is -2.06. The third-order valence-electron chi connectivity index (χ3n) is 4.22. The molecule has 0 aliphatic rings. The van der Waals surface area contributed by atoms with E-state index in [9.17, 15) is 0 Å². The molecule has 0 atom stereocenters. The summed E-state index contributed by atoms with van der Waals surface area (Å²) in [5.74, 6) is 0. The van der Waals surface area contributed by atoms with Gasteiger partial charge in [-0.15, -0.1) is 0 Å². The van der Waals surface area contributed by atoms with Crippen LogP contribution in [-0.2, 0) is 6.54 Å². The maximum absolute atomic E-state index is 8.38. The third-order valence-corrected chi connectivity index (χ3v) is 4.59. The lowest BCUT2D eigenvalue weighted by atomic mass is 9.89. The molecule has 2 aromatic carbocycles. The van der Waals surface area contributed by atoms with Crippen molar-refractivity contribution in [2.75, 3.05) is 0 Å². The van der Waals surface area contributed by atoms with Gasteiger partial charge in [0.1, 0.15) is 0 Å². The number of rotatable bonds is 7. The molecule has 0 bridgehead atoms. The van der Waals surface area contributed by atoms with Crippen molar-refractivity contribution in [3.8, 4) is 0 Å². The lowest BCUT2D eigenvalue weighted by molar-refractivity contribution is 0.386. The molecule has 0 spiro atoms. The van der Waals surface area contributed by atoms with E-state index in [1.54, 1.807) is 0 Å². The first-order chi connectivity index (χ1) is 12.2. The van der Waals surface area contributed by atoms with Gasteiger partial charge < -0.3 is 10.7 Å². The van der Waals surface area contributed by atoms with Gasteiger partial charge in [0.05, 0.1) is 0 Å². The average Bonchev–Trinajstić information content (AvgIpc) is 2.57. The molecule has 0 aliphatic carbocycles. The summed E-state index contributed by atoms with van der Waals surface area (Å²) in [5.41, 5.74) is 5.19. The molecule has 2 nitrogen and oxygen atoms in total. The molecular formula is C23H29ClN2. The smallest absolute Gasteiger partial charge is 0.0455 e. The van der Waals surface area contributed by atoms with E-state index in [1.807, 2.05) is 30.3 Å². The molecule has 0 saturated heterocycles. The van der Waals surface area contributed by atoms with Crippen LogP contribution >= 0.6 is 11.6 Å². The first-order valence-electron chi connectivity index (χ1n) is 9.08. The van der Waals surface area contributed by atoms with E-state index >= 15 is 0 Å². The van der Waals surface area contributed by atoms with Crippen molar-refractivity contribution in [1.29, 1.82) is 5.41 Å². The highest BCUT2D eigenvalue weighted by atomic mass is 35.5. The third kappa shape index (κ3) is 6.68. The first-order valence-corrected chi connectivity index (χ1v) is 9.46. The van der Waals surface area contributed by atoms with Crippen LogP contribution < -0.4 is 5.32 Å². The minimum atomic E-state index is 0.231. The molecular weight excluding hydrogens is 340 g/mol. The zero-order chi connectivity index (χ0) is 19.2. The molecule has 0 amide bonds. The zero-order valence-corrected chi connectivity index (χ0v) is 17.0. The van der Waals surface area contributed by atoms with Crippen molar-refractivity contribution in [2.45, 2.75) is 47.1 Å². The van der Waals surface area contributed by atoms with Gasteiger partial charge in [-0.25, -0.2) is 0 Å². The highest BCUT2D eigenvalue weighted by Crippen LogP contribution is 2.22. The largest absolute Gasteiger partial charge is 0.380 e. The summed E-state index contributed by atoms with van der Waals surface area (Å²) in [6.07, 6.45) is 3.72. The fourth-order valence-electron chi connectivity index (χ4n) is 2.64. The number of benzene rings is 2. The Kier molecular flexibility index (Phi) is 7.05. The van der Waals surface area contributed by atoms with Crippen molar-refractivity contribution in [2.24, 2.45) is 5.41 Å². The van der Waals surface area contributed by atoms with Gasteiger partial charge in [0, 0.05) is 23.0 Å². The van der Waals surface area contributed by atoms with E-state index in [0.29, 0.717) is 12.3 Å². The van der Waals surface area contributed by atoms with Crippen LogP contribution in [0.3, 0.4) is 0 Å². The molecule has 2 aromatic rings. The monoisotopic (exact) mass is 368 g/mol. The Morgan fingerprint density at radius 3 is 2.50 bits per heavy atom. The molecule has 2 rings (SSSR count). The van der Waals surface area contributed by atoms with Crippen LogP contribution in [0.1, 0.15) is 50.3 Å². The van der Waals surface area contributed by atoms with Crippen LogP contribution in [0.5, 0.6) is 0 Å². The lowest BCUT2D eigenvalue weighted by Gasteiger charge is -2.18. The fraction of sp³-hybridized carbons (Fsp3) is 0.348. The van der Waals surface area contributed by atoms with Crippen LogP contribution in [0.25, 0.3) is 5.70 Å². The predicted octanol–water partition coefficient (Wildman–Crippen LogP) is 6.63. The Morgan fingerprint density at radius 2 is 1.85 bits per heavy atom. The Balaban J connectivity index is 2.20. The van der Waals surface area contributed by atoms with E-state index in [1.165, 1.54) is 5.56 Å². The van der Waals surface area contributed by atoms with Gasteiger partial charge in [-0.2, -0.15) is 0 Å². The second-order valence-electron chi connectivity index (χ2n) is 7.96. The molecule has 0 radical (unpaired) electrons. The molecule has 0 saturated carbocycles. The topological polar surface area (TPSA) is 35.9 Å². The number of halogens is 1. The summed E-state index contributed by atoms with van der Waals surface area (Å²) in [4.78, 5) is 0. The Morgan fingerprint density at radius 1 is 1.12 bits per heavy atom. The minimum absolute atomic E-state index is 0.231. The van der Waals surface area contributed by atoms with Crippen LogP contribution in [-0.4, -0.2) is 5.71 Å². The minimum Gasteiger partial charge on any atom is -0.380 e. The molecule has 0 unspecified atom stereocenters. The van der Waals surface area contributed by atoms with E-state index in [4.69, 9.17) is 17.0 Å². The van der Waals surface area contributed by atoms with Crippen LogP contribution in [0.15, 0.2) is 54.6 Å². The lowest BCUT2D eigenvalue weighted by Crippen LogP contribution is -2.14. The highest BCUT2D eigenvalue weighted by molar-refractivity contribution is 6.31. The van der Waals surface area contributed by atoms with Crippen molar-refractivity contribution in [1.82, 2.24) is 5.32 Å². The Labute approximate surface area is 162 Å². The van der Waals surface area contributed by atoms with Gasteiger partial charge in [-0.05, 0) is 54.5 Å². The number of hydrogen-bond acceptors (Lipinski definition) is 2. The summed E-state index contributed by atoms with van der Waals surface area (Å²) in [6, 6.07) is 16.2. The first kappa shape index (κ1) is 20.3. The zero-order valence-electron chi connectivity index (χ0n) is 16.2. The quantitative estimate of drug-likeness (QED) is 0.529. The summed E-state index contributed by atoms with van der Waals surface area (Å²) in [5, 5.41) is 12.6. The number of aryl methyl sites for hydroxylation is 1. The molecule has 0 heterocycles. The van der Waals surface area contributed by atoms with E-state index in [0.717, 1.165) is 34.7 Å². The maximum atomic E-state index is 8.38. The second-order valence-corrected chi connectivity index (χ2v) is 8.37. The summed E-state index contributed by atoms with van der Waals surface area (Å²) >= 11 is 6.28. The van der Waals surface area contributed by atoms with Gasteiger partial charge >= 0.3 is 0 Å². The molecule has 0 aliphatic heterocycles. The second kappa shape index (κ2) is 9.05. The average molecular weight is 369 g/mol. The molecule has 0 aromatic heterocycles. The van der Waals surface area contributed by atoms with Crippen molar-refractivity contribution < 1.29 is 0 Å². The number of allylic oxidation sites excluding steroid dienone is 1. The summed E-state index contributed by atoms with van der Waals surface area (Å²) in [7, 11) is 0. The predicted molar refractivity (Wildman–Crippen MR) is 114 cm³/mol. The number of nitrogens with one attached hydrogen (secondary N) is 2. The normalized spacial score (nSPS) is 12.1. The molecule has 3 heteroatoms. The fourth-order valence-corrected chi connectivity index (χ4v) is 2.84. The van der Waals surface area contributed by atoms with Gasteiger partial charge in [0.15, 0.2) is 0 Å². The summed E-state index contributed by atoms with van der Waals surface area (Å²) < 4.78 is 0. The molecule has 26 heavy (non-hydrogen) atoms. The van der Waals surface area contributed by atoms with E-state index in [2.05, 4.69) is 57.3 Å².